The lowest BCUT2D eigenvalue weighted by atomic mass is 9.82. The van der Waals surface area contributed by atoms with Crippen LogP contribution in [0.3, 0.4) is 0 Å². The fourth-order valence-corrected chi connectivity index (χ4v) is 26.9. The molecule has 1 heterocycles. The highest BCUT2D eigenvalue weighted by molar-refractivity contribution is 6.93. The fourth-order valence-electron chi connectivity index (χ4n) is 8.16. The monoisotopic (exact) mass is 654 g/mol. The first-order valence-electron chi connectivity index (χ1n) is 16.4. The Morgan fingerprint density at radius 3 is 0.821 bits per heavy atom. The van der Waals surface area contributed by atoms with Crippen molar-refractivity contribution in [2.24, 2.45) is 35.5 Å². The molecule has 0 unspecified atom stereocenters. The molecular formula is C30H57Cl3O3Si3. The molecule has 0 radical (unpaired) electrons. The first-order valence-corrected chi connectivity index (χ1v) is 25.6. The summed E-state index contributed by atoms with van der Waals surface area (Å²) in [5, 5.41) is 0. The molecule has 0 atom stereocenters. The van der Waals surface area contributed by atoms with Crippen molar-refractivity contribution in [3.63, 3.8) is 0 Å². The van der Waals surface area contributed by atoms with E-state index in [0.717, 1.165) is 71.3 Å². The maximum atomic E-state index is 7.16. The third-order valence-corrected chi connectivity index (χ3v) is 26.1. The van der Waals surface area contributed by atoms with Crippen LogP contribution in [0.15, 0.2) is 0 Å². The average Bonchev–Trinajstić information content (AvgIpc) is 2.94. The molecule has 1 aliphatic heterocycles. The smallest absolute Gasteiger partial charge is 0.317 e. The zero-order chi connectivity index (χ0) is 27.9. The van der Waals surface area contributed by atoms with Gasteiger partial charge in [0.2, 0.25) is 0 Å². The largest absolute Gasteiger partial charge is 0.416 e. The lowest BCUT2D eigenvalue weighted by Crippen LogP contribution is -2.67. The van der Waals surface area contributed by atoms with Crippen molar-refractivity contribution < 1.29 is 12.3 Å². The van der Waals surface area contributed by atoms with Gasteiger partial charge < -0.3 is 12.3 Å². The minimum absolute atomic E-state index is 0.733. The van der Waals surface area contributed by atoms with Crippen LogP contribution < -0.4 is 0 Å². The van der Waals surface area contributed by atoms with Gasteiger partial charge in [-0.15, -0.1) is 34.8 Å². The van der Waals surface area contributed by atoms with Crippen LogP contribution in [-0.4, -0.2) is 43.3 Å². The summed E-state index contributed by atoms with van der Waals surface area (Å²) in [6.07, 6.45) is 19.6. The number of rotatable bonds is 12. The molecule has 3 nitrogen and oxygen atoms in total. The second-order valence-corrected chi connectivity index (χ2v) is 26.1. The minimum atomic E-state index is -2.29. The van der Waals surface area contributed by atoms with Gasteiger partial charge in [-0.2, -0.15) is 0 Å². The minimum Gasteiger partial charge on any atom is -0.416 e. The Balaban J connectivity index is 1.37. The highest BCUT2D eigenvalue weighted by Gasteiger charge is 2.56. The van der Waals surface area contributed by atoms with Crippen molar-refractivity contribution in [1.82, 2.24) is 0 Å². The van der Waals surface area contributed by atoms with Crippen LogP contribution in [0.5, 0.6) is 0 Å². The molecule has 0 spiro atoms. The van der Waals surface area contributed by atoms with E-state index in [1.165, 1.54) is 96.3 Å². The summed E-state index contributed by atoms with van der Waals surface area (Å²) in [7, 11) is -6.86. The predicted molar refractivity (Wildman–Crippen MR) is 175 cm³/mol. The van der Waals surface area contributed by atoms with Crippen molar-refractivity contribution in [2.75, 3.05) is 17.6 Å². The Kier molecular flexibility index (Phi) is 13.2. The third kappa shape index (κ3) is 10.2. The van der Waals surface area contributed by atoms with E-state index in [9.17, 15) is 0 Å². The van der Waals surface area contributed by atoms with Crippen LogP contribution in [0.25, 0.3) is 0 Å². The van der Waals surface area contributed by atoms with Crippen LogP contribution in [0.4, 0.5) is 0 Å². The summed E-state index contributed by atoms with van der Waals surface area (Å²) in [5.41, 5.74) is 0. The van der Waals surface area contributed by atoms with Crippen LogP contribution in [-0.2, 0) is 12.3 Å². The van der Waals surface area contributed by atoms with E-state index in [1.807, 2.05) is 0 Å². The standard InChI is InChI=1S/C30H57Cl3O3Si3/c1-37(19-16-25-4-10-28(22-31)11-5-25)34-38(2,20-17-26-6-12-29(23-32)13-7-26)36-39(3,35-37)21-18-27-8-14-30(24-33)15-9-27/h25-30H,4-24H2,1-3H3. The number of alkyl halides is 3. The molecule has 3 aliphatic carbocycles. The Morgan fingerprint density at radius 1 is 0.410 bits per heavy atom. The number of hydrogen-bond acceptors (Lipinski definition) is 3. The summed E-state index contributed by atoms with van der Waals surface area (Å²) in [4.78, 5) is 0. The van der Waals surface area contributed by atoms with Crippen LogP contribution in [0.1, 0.15) is 96.3 Å². The zero-order valence-corrected chi connectivity index (χ0v) is 30.4. The van der Waals surface area contributed by atoms with Crippen molar-refractivity contribution in [3.05, 3.63) is 0 Å². The SMILES string of the molecule is C[Si]1(CCC2CCC(CCl)CC2)O[Si](C)(CCC2CCC(CCl)CC2)O[Si](C)(CCC2CCC(CCl)CC2)O1. The molecule has 0 aromatic rings. The molecule has 9 heteroatoms. The van der Waals surface area contributed by atoms with Crippen LogP contribution in [0.2, 0.25) is 37.8 Å². The van der Waals surface area contributed by atoms with E-state index in [-0.39, 0.29) is 0 Å². The van der Waals surface area contributed by atoms with E-state index >= 15 is 0 Å². The Bertz CT molecular complexity index is 622. The topological polar surface area (TPSA) is 27.7 Å². The fraction of sp³-hybridized carbons (Fsp3) is 1.00. The van der Waals surface area contributed by atoms with E-state index in [4.69, 9.17) is 47.1 Å². The molecule has 4 aliphatic rings. The summed E-state index contributed by atoms with van der Waals surface area (Å²) >= 11 is 18.5. The van der Waals surface area contributed by atoms with Gasteiger partial charge in [-0.3, -0.25) is 0 Å². The first-order chi connectivity index (χ1) is 18.7. The van der Waals surface area contributed by atoms with Gasteiger partial charge in [-0.1, -0.05) is 38.5 Å². The predicted octanol–water partition coefficient (Wildman–Crippen LogP) is 10.6. The first kappa shape index (κ1) is 33.3. The maximum absolute atomic E-state index is 7.16. The summed E-state index contributed by atoms with van der Waals surface area (Å²) in [6.45, 7) is 7.19. The van der Waals surface area contributed by atoms with Crippen LogP contribution in [0, 0.1) is 35.5 Å². The molecule has 4 fully saturated rings. The Labute approximate surface area is 258 Å². The Morgan fingerprint density at radius 2 is 0.615 bits per heavy atom. The molecule has 1 saturated heterocycles. The van der Waals surface area contributed by atoms with Gasteiger partial charge in [0.25, 0.3) is 0 Å². The van der Waals surface area contributed by atoms with Crippen molar-refractivity contribution >= 4 is 60.5 Å². The molecule has 4 rings (SSSR count). The van der Waals surface area contributed by atoms with E-state index < -0.39 is 25.7 Å². The molecule has 39 heavy (non-hydrogen) atoms. The molecule has 228 valence electrons. The van der Waals surface area contributed by atoms with E-state index in [0.29, 0.717) is 0 Å². The second kappa shape index (κ2) is 15.4. The van der Waals surface area contributed by atoms with Crippen molar-refractivity contribution in [1.29, 1.82) is 0 Å². The van der Waals surface area contributed by atoms with Gasteiger partial charge in [-0.25, -0.2) is 0 Å². The summed E-state index contributed by atoms with van der Waals surface area (Å²) < 4.78 is 21.5. The molecular weight excluding hydrogens is 599 g/mol. The highest BCUT2D eigenvalue weighted by Crippen LogP contribution is 2.43. The zero-order valence-electron chi connectivity index (χ0n) is 25.2. The summed E-state index contributed by atoms with van der Waals surface area (Å²) in [5.74, 6) is 7.15. The van der Waals surface area contributed by atoms with E-state index in [2.05, 4.69) is 19.6 Å². The van der Waals surface area contributed by atoms with Gasteiger partial charge >= 0.3 is 25.7 Å². The van der Waals surface area contributed by atoms with Gasteiger partial charge in [0.05, 0.1) is 0 Å². The van der Waals surface area contributed by atoms with E-state index in [1.54, 1.807) is 0 Å². The van der Waals surface area contributed by atoms with Gasteiger partial charge in [-0.05, 0) is 131 Å². The normalized spacial score (nSPS) is 43.8. The van der Waals surface area contributed by atoms with Crippen LogP contribution >= 0.6 is 34.8 Å². The molecule has 0 amide bonds. The second-order valence-electron chi connectivity index (χ2n) is 14.4. The lowest BCUT2D eigenvalue weighted by Gasteiger charge is -2.51. The Hall–Kier alpha value is 1.40. The quantitative estimate of drug-likeness (QED) is 0.155. The van der Waals surface area contributed by atoms with Crippen molar-refractivity contribution in [2.45, 2.75) is 134 Å². The average molecular weight is 656 g/mol. The molecule has 0 N–H and O–H groups in total. The summed E-state index contributed by atoms with van der Waals surface area (Å²) in [6, 6.07) is 3.41. The number of halogens is 3. The molecule has 0 aromatic heterocycles. The highest BCUT2D eigenvalue weighted by atomic mass is 35.5. The van der Waals surface area contributed by atoms with Crippen molar-refractivity contribution in [3.8, 4) is 0 Å². The van der Waals surface area contributed by atoms with Gasteiger partial charge in [0.15, 0.2) is 0 Å². The molecule has 3 saturated carbocycles. The molecule has 0 aromatic carbocycles. The molecule has 0 bridgehead atoms. The lowest BCUT2D eigenvalue weighted by molar-refractivity contribution is 0.205. The maximum Gasteiger partial charge on any atom is 0.317 e. The third-order valence-electron chi connectivity index (χ3n) is 10.9. The number of hydrogen-bond donors (Lipinski definition) is 0. The van der Waals surface area contributed by atoms with Gasteiger partial charge in [0.1, 0.15) is 0 Å². The van der Waals surface area contributed by atoms with Gasteiger partial charge in [0, 0.05) is 17.6 Å².